The van der Waals surface area contributed by atoms with Crippen LogP contribution in [0, 0.1) is 11.3 Å². The maximum absolute atomic E-state index is 3.49. The molecular weight excluding hydrogens is 232 g/mol. The molecular formula is C17H34N2. The van der Waals surface area contributed by atoms with Crippen molar-refractivity contribution in [3.8, 4) is 0 Å². The van der Waals surface area contributed by atoms with Crippen LogP contribution in [-0.2, 0) is 0 Å². The monoisotopic (exact) mass is 266 g/mol. The zero-order chi connectivity index (χ0) is 13.9. The molecule has 2 fully saturated rings. The van der Waals surface area contributed by atoms with Crippen molar-refractivity contribution in [3.05, 3.63) is 0 Å². The molecule has 0 bridgehead atoms. The lowest BCUT2D eigenvalue weighted by Gasteiger charge is -2.48. The standard InChI is InChI=1S/C17H34N2/c1-14(2)19(13-15-8-11-18-12-9-15)16-7-5-6-10-17(16,3)4/h14-16,18H,5-13H2,1-4H3. The summed E-state index contributed by atoms with van der Waals surface area (Å²) in [5.74, 6) is 0.918. The Morgan fingerprint density at radius 2 is 1.79 bits per heavy atom. The molecule has 0 spiro atoms. The van der Waals surface area contributed by atoms with E-state index in [-0.39, 0.29) is 0 Å². The largest absolute Gasteiger partial charge is 0.317 e. The van der Waals surface area contributed by atoms with Crippen LogP contribution in [-0.4, -0.2) is 36.6 Å². The van der Waals surface area contributed by atoms with Crippen LogP contribution in [0.1, 0.15) is 66.2 Å². The van der Waals surface area contributed by atoms with Gasteiger partial charge in [0.05, 0.1) is 0 Å². The van der Waals surface area contributed by atoms with Gasteiger partial charge in [-0.2, -0.15) is 0 Å². The Kier molecular flexibility index (Phi) is 5.30. The minimum absolute atomic E-state index is 0.509. The van der Waals surface area contributed by atoms with Crippen LogP contribution < -0.4 is 5.32 Å². The minimum Gasteiger partial charge on any atom is -0.317 e. The molecule has 1 saturated heterocycles. The molecule has 2 heteroatoms. The van der Waals surface area contributed by atoms with E-state index in [9.17, 15) is 0 Å². The Bertz CT molecular complexity index is 266. The quantitative estimate of drug-likeness (QED) is 0.835. The molecule has 1 aliphatic heterocycles. The third-order valence-corrected chi connectivity index (χ3v) is 5.44. The number of nitrogens with zero attached hydrogens (tertiary/aromatic N) is 1. The van der Waals surface area contributed by atoms with E-state index in [2.05, 4.69) is 37.9 Å². The highest BCUT2D eigenvalue weighted by atomic mass is 15.2. The number of piperidine rings is 1. The lowest BCUT2D eigenvalue weighted by Crippen LogP contribution is -2.52. The first kappa shape index (κ1) is 15.3. The molecule has 0 aromatic carbocycles. The van der Waals surface area contributed by atoms with Crippen molar-refractivity contribution in [1.29, 1.82) is 0 Å². The molecule has 2 rings (SSSR count). The Labute approximate surface area is 120 Å². The van der Waals surface area contributed by atoms with Crippen LogP contribution in [0.2, 0.25) is 0 Å². The van der Waals surface area contributed by atoms with Gasteiger partial charge in [-0.25, -0.2) is 0 Å². The van der Waals surface area contributed by atoms with Crippen molar-refractivity contribution >= 4 is 0 Å². The van der Waals surface area contributed by atoms with Crippen LogP contribution in [0.5, 0.6) is 0 Å². The summed E-state index contributed by atoms with van der Waals surface area (Å²) in [5.41, 5.74) is 0.509. The van der Waals surface area contributed by atoms with E-state index in [0.29, 0.717) is 11.5 Å². The van der Waals surface area contributed by atoms with Crippen LogP contribution in [0.15, 0.2) is 0 Å². The first-order chi connectivity index (χ1) is 9.00. The Morgan fingerprint density at radius 3 is 2.37 bits per heavy atom. The van der Waals surface area contributed by atoms with E-state index in [1.54, 1.807) is 0 Å². The Morgan fingerprint density at radius 1 is 1.11 bits per heavy atom. The highest BCUT2D eigenvalue weighted by molar-refractivity contribution is 4.92. The molecule has 112 valence electrons. The van der Waals surface area contributed by atoms with Crippen molar-refractivity contribution in [2.45, 2.75) is 78.3 Å². The molecule has 0 radical (unpaired) electrons. The van der Waals surface area contributed by atoms with Crippen molar-refractivity contribution in [2.24, 2.45) is 11.3 Å². The van der Waals surface area contributed by atoms with Crippen LogP contribution in [0.4, 0.5) is 0 Å². The average molecular weight is 266 g/mol. The van der Waals surface area contributed by atoms with Gasteiger partial charge in [0.25, 0.3) is 0 Å². The fourth-order valence-electron chi connectivity index (χ4n) is 4.15. The smallest absolute Gasteiger partial charge is 0.0149 e. The second-order valence-electron chi connectivity index (χ2n) is 7.73. The molecule has 2 aliphatic rings. The summed E-state index contributed by atoms with van der Waals surface area (Å²) in [6, 6.07) is 1.49. The number of rotatable bonds is 4. The van der Waals surface area contributed by atoms with Crippen molar-refractivity contribution in [2.75, 3.05) is 19.6 Å². The van der Waals surface area contributed by atoms with Gasteiger partial charge in [0.2, 0.25) is 0 Å². The zero-order valence-electron chi connectivity index (χ0n) is 13.5. The van der Waals surface area contributed by atoms with Crippen molar-refractivity contribution in [1.82, 2.24) is 10.2 Å². The molecule has 0 aromatic rings. The fourth-order valence-corrected chi connectivity index (χ4v) is 4.15. The number of hydrogen-bond donors (Lipinski definition) is 1. The lowest BCUT2D eigenvalue weighted by atomic mass is 9.72. The normalized spacial score (nSPS) is 29.1. The van der Waals surface area contributed by atoms with E-state index >= 15 is 0 Å². The fraction of sp³-hybridized carbons (Fsp3) is 1.00. The highest BCUT2D eigenvalue weighted by Crippen LogP contribution is 2.39. The summed E-state index contributed by atoms with van der Waals surface area (Å²) in [6.45, 7) is 13.6. The maximum Gasteiger partial charge on any atom is 0.0149 e. The molecule has 19 heavy (non-hydrogen) atoms. The molecule has 1 aliphatic carbocycles. The van der Waals surface area contributed by atoms with Gasteiger partial charge in [-0.05, 0) is 64.0 Å². The van der Waals surface area contributed by atoms with E-state index < -0.39 is 0 Å². The van der Waals surface area contributed by atoms with Crippen LogP contribution in [0.25, 0.3) is 0 Å². The topological polar surface area (TPSA) is 15.3 Å². The van der Waals surface area contributed by atoms with Crippen molar-refractivity contribution < 1.29 is 0 Å². The second-order valence-corrected chi connectivity index (χ2v) is 7.73. The second kappa shape index (κ2) is 6.58. The number of hydrogen-bond acceptors (Lipinski definition) is 2. The molecule has 2 nitrogen and oxygen atoms in total. The molecule has 1 heterocycles. The predicted octanol–water partition coefficient (Wildman–Crippen LogP) is 3.67. The van der Waals surface area contributed by atoms with Gasteiger partial charge in [-0.15, -0.1) is 0 Å². The van der Waals surface area contributed by atoms with E-state index in [1.807, 2.05) is 0 Å². The first-order valence-electron chi connectivity index (χ1n) is 8.47. The van der Waals surface area contributed by atoms with Crippen LogP contribution >= 0.6 is 0 Å². The summed E-state index contributed by atoms with van der Waals surface area (Å²) in [6.07, 6.45) is 8.43. The van der Waals surface area contributed by atoms with Gasteiger partial charge in [0, 0.05) is 18.6 Å². The highest BCUT2D eigenvalue weighted by Gasteiger charge is 2.37. The molecule has 0 aromatic heterocycles. The Balaban J connectivity index is 2.01. The number of nitrogens with one attached hydrogen (secondary N) is 1. The maximum atomic E-state index is 3.49. The van der Waals surface area contributed by atoms with Gasteiger partial charge in [-0.1, -0.05) is 26.7 Å². The van der Waals surface area contributed by atoms with Crippen LogP contribution in [0.3, 0.4) is 0 Å². The van der Waals surface area contributed by atoms with Gasteiger partial charge in [0.15, 0.2) is 0 Å². The first-order valence-corrected chi connectivity index (χ1v) is 8.47. The van der Waals surface area contributed by atoms with E-state index in [1.165, 1.54) is 58.2 Å². The molecule has 1 N–H and O–H groups in total. The molecule has 1 atom stereocenters. The molecule has 1 saturated carbocycles. The van der Waals surface area contributed by atoms with Gasteiger partial charge >= 0.3 is 0 Å². The average Bonchev–Trinajstić information content (AvgIpc) is 2.37. The van der Waals surface area contributed by atoms with Crippen molar-refractivity contribution in [3.63, 3.8) is 0 Å². The van der Waals surface area contributed by atoms with Gasteiger partial charge in [-0.3, -0.25) is 4.90 Å². The van der Waals surface area contributed by atoms with E-state index in [0.717, 1.165) is 12.0 Å². The summed E-state index contributed by atoms with van der Waals surface area (Å²) >= 11 is 0. The summed E-state index contributed by atoms with van der Waals surface area (Å²) in [4.78, 5) is 2.84. The molecule has 1 unspecified atom stereocenters. The third-order valence-electron chi connectivity index (χ3n) is 5.44. The lowest BCUT2D eigenvalue weighted by molar-refractivity contribution is 0.0134. The summed E-state index contributed by atoms with van der Waals surface area (Å²) in [7, 11) is 0. The summed E-state index contributed by atoms with van der Waals surface area (Å²) in [5, 5.41) is 3.49. The SMILES string of the molecule is CC(C)N(CC1CCNCC1)C1CCCCC1(C)C. The van der Waals surface area contributed by atoms with Gasteiger partial charge < -0.3 is 5.32 Å². The zero-order valence-corrected chi connectivity index (χ0v) is 13.5. The Hall–Kier alpha value is -0.0800. The minimum atomic E-state index is 0.509. The molecule has 0 amide bonds. The predicted molar refractivity (Wildman–Crippen MR) is 83.5 cm³/mol. The van der Waals surface area contributed by atoms with Gasteiger partial charge in [0.1, 0.15) is 0 Å². The third kappa shape index (κ3) is 3.95. The summed E-state index contributed by atoms with van der Waals surface area (Å²) < 4.78 is 0. The van der Waals surface area contributed by atoms with E-state index in [4.69, 9.17) is 0 Å².